The Balaban J connectivity index is 1.43. The summed E-state index contributed by atoms with van der Waals surface area (Å²) in [5.74, 6) is 2.32. The number of fused-ring (bicyclic) bond motifs is 1. The summed E-state index contributed by atoms with van der Waals surface area (Å²) in [6.07, 6.45) is 1.84. The van der Waals surface area contributed by atoms with E-state index in [1.54, 1.807) is 12.1 Å². The Morgan fingerprint density at radius 3 is 2.17 bits per heavy atom. The van der Waals surface area contributed by atoms with Gasteiger partial charge in [0, 0.05) is 62.0 Å². The maximum atomic E-state index is 10.7. The van der Waals surface area contributed by atoms with Crippen LogP contribution < -0.4 is 9.80 Å². The van der Waals surface area contributed by atoms with Crippen molar-refractivity contribution >= 4 is 17.2 Å². The van der Waals surface area contributed by atoms with E-state index in [1.165, 1.54) is 0 Å². The average molecular weight is 310 g/mol. The molecule has 2 saturated heterocycles. The molecular weight excluding hydrogens is 292 g/mol. The van der Waals surface area contributed by atoms with E-state index < -0.39 is 0 Å². The van der Waals surface area contributed by atoms with E-state index in [2.05, 4.69) is 20.9 Å². The second kappa shape index (κ2) is 5.53. The smallest absolute Gasteiger partial charge is 0.269 e. The van der Waals surface area contributed by atoms with Crippen molar-refractivity contribution in [1.82, 2.24) is 4.98 Å². The minimum Gasteiger partial charge on any atom is -0.371 e. The largest absolute Gasteiger partial charge is 0.371 e. The van der Waals surface area contributed by atoms with Gasteiger partial charge in [-0.1, -0.05) is 6.07 Å². The van der Waals surface area contributed by atoms with Crippen molar-refractivity contribution in [3.8, 4) is 0 Å². The highest BCUT2D eigenvalue weighted by molar-refractivity contribution is 5.52. The molecule has 0 spiro atoms. The fourth-order valence-corrected chi connectivity index (χ4v) is 3.72. The van der Waals surface area contributed by atoms with Crippen LogP contribution in [-0.4, -0.2) is 36.1 Å². The summed E-state index contributed by atoms with van der Waals surface area (Å²) in [6.45, 7) is 4.08. The number of non-ortho nitro benzene ring substituents is 1. The molecule has 2 aromatic rings. The van der Waals surface area contributed by atoms with Crippen molar-refractivity contribution in [1.29, 1.82) is 0 Å². The fourth-order valence-electron chi connectivity index (χ4n) is 3.72. The molecule has 3 heterocycles. The number of nitro benzene ring substituents is 1. The third-order valence-corrected chi connectivity index (χ3v) is 4.89. The van der Waals surface area contributed by atoms with Crippen LogP contribution in [0, 0.1) is 22.0 Å². The van der Waals surface area contributed by atoms with Crippen molar-refractivity contribution < 1.29 is 4.92 Å². The van der Waals surface area contributed by atoms with Crippen molar-refractivity contribution in [3.05, 3.63) is 58.8 Å². The Labute approximate surface area is 134 Å². The first kappa shape index (κ1) is 14.0. The quantitative estimate of drug-likeness (QED) is 0.644. The Morgan fingerprint density at radius 2 is 1.61 bits per heavy atom. The topological polar surface area (TPSA) is 62.5 Å². The number of rotatable bonds is 3. The lowest BCUT2D eigenvalue weighted by molar-refractivity contribution is -0.384. The zero-order chi connectivity index (χ0) is 15.8. The van der Waals surface area contributed by atoms with E-state index in [0.29, 0.717) is 11.8 Å². The number of nitro groups is 1. The van der Waals surface area contributed by atoms with Crippen molar-refractivity contribution in [2.24, 2.45) is 11.8 Å². The summed E-state index contributed by atoms with van der Waals surface area (Å²) in [5.41, 5.74) is 1.23. The standard InChI is InChI=1S/C17H18N4O2/c22-21(23)16-6-4-15(5-7-16)19-9-13-11-20(12-14(13)10-19)17-3-1-2-8-18-17/h1-8,13-14H,9-12H2/t13-,14?/m0/s1. The zero-order valence-electron chi connectivity index (χ0n) is 12.7. The predicted molar refractivity (Wildman–Crippen MR) is 88.7 cm³/mol. The van der Waals surface area contributed by atoms with Gasteiger partial charge in [-0.2, -0.15) is 0 Å². The van der Waals surface area contributed by atoms with E-state index in [0.717, 1.165) is 37.7 Å². The van der Waals surface area contributed by atoms with Gasteiger partial charge in [-0.3, -0.25) is 10.1 Å². The third kappa shape index (κ3) is 2.60. The lowest BCUT2D eigenvalue weighted by Gasteiger charge is -2.23. The van der Waals surface area contributed by atoms with Crippen LogP contribution >= 0.6 is 0 Å². The maximum Gasteiger partial charge on any atom is 0.269 e. The molecule has 2 aliphatic rings. The number of anilines is 2. The number of nitrogens with zero attached hydrogens (tertiary/aromatic N) is 4. The lowest BCUT2D eigenvalue weighted by Crippen LogP contribution is -2.29. The molecular formula is C17H18N4O2. The summed E-state index contributed by atoms with van der Waals surface area (Å²) >= 11 is 0. The number of pyridine rings is 1. The lowest BCUT2D eigenvalue weighted by atomic mass is 10.0. The Bertz CT molecular complexity index is 690. The minimum atomic E-state index is -0.354. The van der Waals surface area contributed by atoms with Crippen LogP contribution in [0.4, 0.5) is 17.2 Å². The van der Waals surface area contributed by atoms with E-state index in [4.69, 9.17) is 0 Å². The van der Waals surface area contributed by atoms with Gasteiger partial charge < -0.3 is 9.80 Å². The minimum absolute atomic E-state index is 0.148. The zero-order valence-corrected chi connectivity index (χ0v) is 12.7. The summed E-state index contributed by atoms with van der Waals surface area (Å²) in [4.78, 5) is 19.5. The van der Waals surface area contributed by atoms with Gasteiger partial charge in [0.25, 0.3) is 5.69 Å². The van der Waals surface area contributed by atoms with E-state index >= 15 is 0 Å². The first-order valence-electron chi connectivity index (χ1n) is 7.86. The van der Waals surface area contributed by atoms with Crippen molar-refractivity contribution in [3.63, 3.8) is 0 Å². The fraction of sp³-hybridized carbons (Fsp3) is 0.353. The second-order valence-electron chi connectivity index (χ2n) is 6.29. The van der Waals surface area contributed by atoms with Gasteiger partial charge in [-0.15, -0.1) is 0 Å². The van der Waals surface area contributed by atoms with Gasteiger partial charge in [0.1, 0.15) is 5.82 Å². The van der Waals surface area contributed by atoms with Crippen LogP contribution in [0.1, 0.15) is 0 Å². The van der Waals surface area contributed by atoms with E-state index in [-0.39, 0.29) is 10.6 Å². The van der Waals surface area contributed by atoms with Crippen LogP contribution in [0.25, 0.3) is 0 Å². The Morgan fingerprint density at radius 1 is 0.957 bits per heavy atom. The highest BCUT2D eigenvalue weighted by atomic mass is 16.6. The molecule has 23 heavy (non-hydrogen) atoms. The molecule has 2 atom stereocenters. The molecule has 1 unspecified atom stereocenters. The number of hydrogen-bond donors (Lipinski definition) is 0. The van der Waals surface area contributed by atoms with Gasteiger partial charge in [-0.05, 0) is 24.3 Å². The normalized spacial score (nSPS) is 23.1. The molecule has 4 rings (SSSR count). The predicted octanol–water partition coefficient (Wildman–Crippen LogP) is 2.56. The highest BCUT2D eigenvalue weighted by Crippen LogP contribution is 2.35. The van der Waals surface area contributed by atoms with Crippen LogP contribution in [0.3, 0.4) is 0 Å². The molecule has 0 aliphatic carbocycles. The molecule has 0 amide bonds. The first-order valence-corrected chi connectivity index (χ1v) is 7.86. The molecule has 0 saturated carbocycles. The molecule has 0 bridgehead atoms. The molecule has 118 valence electrons. The molecule has 2 fully saturated rings. The third-order valence-electron chi connectivity index (χ3n) is 4.89. The monoisotopic (exact) mass is 310 g/mol. The Hall–Kier alpha value is -2.63. The SMILES string of the molecule is O=[N+]([O-])c1ccc(N2CC3CN(c4ccccn4)C[C@@H]3C2)cc1. The van der Waals surface area contributed by atoms with E-state index in [1.807, 2.05) is 30.5 Å². The number of benzene rings is 1. The van der Waals surface area contributed by atoms with Gasteiger partial charge in [0.2, 0.25) is 0 Å². The molecule has 2 aliphatic heterocycles. The molecule has 6 nitrogen and oxygen atoms in total. The summed E-state index contributed by atoms with van der Waals surface area (Å²) in [6, 6.07) is 12.9. The number of hydrogen-bond acceptors (Lipinski definition) is 5. The average Bonchev–Trinajstić information content (AvgIpc) is 3.14. The van der Waals surface area contributed by atoms with Crippen LogP contribution in [0.15, 0.2) is 48.7 Å². The van der Waals surface area contributed by atoms with Gasteiger partial charge in [-0.25, -0.2) is 4.98 Å². The van der Waals surface area contributed by atoms with Crippen molar-refractivity contribution in [2.45, 2.75) is 0 Å². The van der Waals surface area contributed by atoms with Gasteiger partial charge >= 0.3 is 0 Å². The first-order chi connectivity index (χ1) is 11.2. The summed E-state index contributed by atoms with van der Waals surface area (Å²) in [5, 5.41) is 10.7. The maximum absolute atomic E-state index is 10.7. The molecule has 0 radical (unpaired) electrons. The van der Waals surface area contributed by atoms with Crippen molar-refractivity contribution in [2.75, 3.05) is 36.0 Å². The molecule has 1 aromatic carbocycles. The highest BCUT2D eigenvalue weighted by Gasteiger charge is 2.40. The van der Waals surface area contributed by atoms with E-state index in [9.17, 15) is 10.1 Å². The summed E-state index contributed by atoms with van der Waals surface area (Å²) < 4.78 is 0. The Kier molecular flexibility index (Phi) is 3.37. The summed E-state index contributed by atoms with van der Waals surface area (Å²) in [7, 11) is 0. The van der Waals surface area contributed by atoms with Gasteiger partial charge in [0.15, 0.2) is 0 Å². The van der Waals surface area contributed by atoms with Crippen LogP contribution in [0.5, 0.6) is 0 Å². The van der Waals surface area contributed by atoms with Crippen LogP contribution in [0.2, 0.25) is 0 Å². The molecule has 0 N–H and O–H groups in total. The second-order valence-corrected chi connectivity index (χ2v) is 6.29. The molecule has 1 aromatic heterocycles. The number of aromatic nitrogens is 1. The van der Waals surface area contributed by atoms with Gasteiger partial charge in [0.05, 0.1) is 4.92 Å². The molecule has 6 heteroatoms. The van der Waals surface area contributed by atoms with Crippen LogP contribution in [-0.2, 0) is 0 Å².